The Bertz CT molecular complexity index is 929. The van der Waals surface area contributed by atoms with Crippen molar-refractivity contribution >= 4 is 23.1 Å². The fourth-order valence-corrected chi connectivity index (χ4v) is 3.44. The van der Waals surface area contributed by atoms with E-state index in [1.165, 1.54) is 4.90 Å². The van der Waals surface area contributed by atoms with Crippen LogP contribution in [0.5, 0.6) is 0 Å². The summed E-state index contributed by atoms with van der Waals surface area (Å²) in [7, 11) is 0. The average Bonchev–Trinajstić information content (AvgIpc) is 3.07. The van der Waals surface area contributed by atoms with Gasteiger partial charge in [-0.3, -0.25) is 4.79 Å². The number of hydrogen-bond donors (Lipinski definition) is 0. The zero-order valence-corrected chi connectivity index (χ0v) is 14.9. The van der Waals surface area contributed by atoms with E-state index in [2.05, 4.69) is 10.0 Å². The zero-order chi connectivity index (χ0) is 19.4. The second-order valence-electron chi connectivity index (χ2n) is 5.97. The molecule has 0 bridgehead atoms. The molecule has 3 rings (SSSR count). The van der Waals surface area contributed by atoms with E-state index in [1.807, 2.05) is 30.3 Å². The van der Waals surface area contributed by atoms with Gasteiger partial charge in [-0.25, -0.2) is 8.78 Å². The molecule has 0 saturated carbocycles. The molecule has 0 aliphatic carbocycles. The second-order valence-corrected chi connectivity index (χ2v) is 6.23. The van der Waals surface area contributed by atoms with Crippen molar-refractivity contribution < 1.29 is 13.6 Å². The third-order valence-corrected chi connectivity index (χ3v) is 4.66. The lowest BCUT2D eigenvalue weighted by molar-refractivity contribution is -0.130. The first-order chi connectivity index (χ1) is 13.1. The summed E-state index contributed by atoms with van der Waals surface area (Å²) in [5.74, 6) is -1.91. The summed E-state index contributed by atoms with van der Waals surface area (Å²) < 4.78 is 28.2. The summed E-state index contributed by atoms with van der Waals surface area (Å²) in [6.07, 6.45) is 1.69. The molecule has 8 heteroatoms. The van der Waals surface area contributed by atoms with E-state index in [9.17, 15) is 13.6 Å². The average molecular weight is 389 g/mol. The summed E-state index contributed by atoms with van der Waals surface area (Å²) in [4.78, 5) is 16.8. The lowest BCUT2D eigenvalue weighted by Crippen LogP contribution is -2.41. The molecular weight excluding hydrogens is 374 g/mol. The standard InChI is InChI=1S/C19H15ClF2N4O/c20-10-19(27)26-17(12-4-2-1-3-5-12)9-15(18(26)11-24-25-23)14-8-13(21)6-7-16(14)22/h1-9,17-18H,10-11H2. The molecule has 0 N–H and O–H groups in total. The minimum atomic E-state index is -0.756. The smallest absolute Gasteiger partial charge is 0.238 e. The molecule has 2 aromatic carbocycles. The SMILES string of the molecule is [N-]=[N+]=NCC1C(c2cc(F)ccc2F)=CC(c2ccccc2)N1C(=O)CCl. The van der Waals surface area contributed by atoms with Gasteiger partial charge in [0.2, 0.25) is 5.91 Å². The molecule has 0 aromatic heterocycles. The Kier molecular flexibility index (Phi) is 5.74. The molecule has 2 unspecified atom stereocenters. The number of nitrogens with zero attached hydrogens (tertiary/aromatic N) is 4. The number of carbonyl (C=O) groups is 1. The molecule has 0 saturated heterocycles. The van der Waals surface area contributed by atoms with Crippen LogP contribution in [0.15, 0.2) is 59.7 Å². The molecule has 1 aliphatic heterocycles. The minimum absolute atomic E-state index is 0.0268. The first-order valence-electron chi connectivity index (χ1n) is 8.17. The number of halogens is 3. The monoisotopic (exact) mass is 388 g/mol. The molecule has 0 spiro atoms. The summed E-state index contributed by atoms with van der Waals surface area (Å²) in [6.45, 7) is -0.121. The maximum atomic E-state index is 14.4. The van der Waals surface area contributed by atoms with Crippen LogP contribution >= 0.6 is 11.6 Å². The van der Waals surface area contributed by atoms with E-state index in [0.29, 0.717) is 5.57 Å². The first kappa shape index (κ1) is 18.9. The fraction of sp³-hybridized carbons (Fsp3) is 0.211. The van der Waals surface area contributed by atoms with Crippen molar-refractivity contribution in [3.05, 3.63) is 87.8 Å². The molecule has 5 nitrogen and oxygen atoms in total. The Balaban J connectivity index is 2.16. The Hall–Kier alpha value is -2.89. The Morgan fingerprint density at radius 1 is 1.22 bits per heavy atom. The normalized spacial score (nSPS) is 18.8. The van der Waals surface area contributed by atoms with Crippen LogP contribution < -0.4 is 0 Å². The third-order valence-electron chi connectivity index (χ3n) is 4.43. The summed E-state index contributed by atoms with van der Waals surface area (Å²) >= 11 is 5.78. The number of amides is 1. The molecule has 1 aliphatic rings. The quantitative estimate of drug-likeness (QED) is 0.312. The van der Waals surface area contributed by atoms with Crippen LogP contribution in [0.25, 0.3) is 16.0 Å². The molecule has 2 atom stereocenters. The summed E-state index contributed by atoms with van der Waals surface area (Å²) in [6, 6.07) is 10.9. The Morgan fingerprint density at radius 3 is 2.63 bits per heavy atom. The van der Waals surface area contributed by atoms with Gasteiger partial charge < -0.3 is 4.90 Å². The Morgan fingerprint density at radius 2 is 1.96 bits per heavy atom. The molecule has 1 heterocycles. The molecule has 27 heavy (non-hydrogen) atoms. The molecule has 0 radical (unpaired) electrons. The van der Waals surface area contributed by atoms with Gasteiger partial charge in [0, 0.05) is 10.5 Å². The highest BCUT2D eigenvalue weighted by molar-refractivity contribution is 6.27. The van der Waals surface area contributed by atoms with Gasteiger partial charge in [0.25, 0.3) is 0 Å². The van der Waals surface area contributed by atoms with E-state index in [1.54, 1.807) is 6.08 Å². The second kappa shape index (κ2) is 8.20. The number of hydrogen-bond acceptors (Lipinski definition) is 2. The molecule has 1 amide bonds. The van der Waals surface area contributed by atoms with Gasteiger partial charge >= 0.3 is 0 Å². The van der Waals surface area contributed by atoms with Gasteiger partial charge in [-0.2, -0.15) is 0 Å². The van der Waals surface area contributed by atoms with Gasteiger partial charge in [0.05, 0.1) is 18.6 Å². The van der Waals surface area contributed by atoms with Crippen LogP contribution in [0.3, 0.4) is 0 Å². The minimum Gasteiger partial charge on any atom is -0.324 e. The topological polar surface area (TPSA) is 69.1 Å². The van der Waals surface area contributed by atoms with Gasteiger partial charge in [0.1, 0.15) is 17.5 Å². The van der Waals surface area contributed by atoms with E-state index in [0.717, 1.165) is 23.8 Å². The fourth-order valence-electron chi connectivity index (χ4n) is 3.30. The highest BCUT2D eigenvalue weighted by Crippen LogP contribution is 2.40. The van der Waals surface area contributed by atoms with Gasteiger partial charge in [-0.1, -0.05) is 41.5 Å². The molecule has 138 valence electrons. The van der Waals surface area contributed by atoms with Crippen LogP contribution in [0, 0.1) is 11.6 Å². The zero-order valence-electron chi connectivity index (χ0n) is 14.1. The molecule has 0 fully saturated rings. The van der Waals surface area contributed by atoms with Crippen molar-refractivity contribution in [2.75, 3.05) is 12.4 Å². The first-order valence-corrected chi connectivity index (χ1v) is 8.70. The summed E-state index contributed by atoms with van der Waals surface area (Å²) in [5, 5.41) is 3.56. The lowest BCUT2D eigenvalue weighted by atomic mass is 9.98. The molecular formula is C19H15ClF2N4O. The van der Waals surface area contributed by atoms with E-state index >= 15 is 0 Å². The number of carbonyl (C=O) groups excluding carboxylic acids is 1. The maximum Gasteiger partial charge on any atom is 0.238 e. The summed E-state index contributed by atoms with van der Waals surface area (Å²) in [5.41, 5.74) is 9.92. The van der Waals surface area contributed by atoms with Crippen molar-refractivity contribution in [3.63, 3.8) is 0 Å². The van der Waals surface area contributed by atoms with Crippen LogP contribution in [0.2, 0.25) is 0 Å². The van der Waals surface area contributed by atoms with Crippen molar-refractivity contribution in [2.45, 2.75) is 12.1 Å². The highest BCUT2D eigenvalue weighted by Gasteiger charge is 2.39. The van der Waals surface area contributed by atoms with Crippen LogP contribution in [0.1, 0.15) is 17.2 Å². The van der Waals surface area contributed by atoms with Crippen molar-refractivity contribution in [1.29, 1.82) is 0 Å². The van der Waals surface area contributed by atoms with Crippen molar-refractivity contribution in [3.8, 4) is 0 Å². The van der Waals surface area contributed by atoms with Gasteiger partial charge in [0.15, 0.2) is 0 Å². The molecule has 2 aromatic rings. The van der Waals surface area contributed by atoms with E-state index in [4.69, 9.17) is 17.1 Å². The van der Waals surface area contributed by atoms with Crippen LogP contribution in [0.4, 0.5) is 8.78 Å². The maximum absolute atomic E-state index is 14.4. The highest BCUT2D eigenvalue weighted by atomic mass is 35.5. The van der Waals surface area contributed by atoms with Gasteiger partial charge in [-0.15, -0.1) is 11.6 Å². The van der Waals surface area contributed by atoms with E-state index < -0.39 is 29.6 Å². The van der Waals surface area contributed by atoms with Gasteiger partial charge in [-0.05, 0) is 34.9 Å². The largest absolute Gasteiger partial charge is 0.324 e. The number of alkyl halides is 1. The number of rotatable bonds is 5. The number of benzene rings is 2. The van der Waals surface area contributed by atoms with E-state index in [-0.39, 0.29) is 18.0 Å². The van der Waals surface area contributed by atoms with Crippen LogP contribution in [-0.4, -0.2) is 29.3 Å². The predicted octanol–water partition coefficient (Wildman–Crippen LogP) is 4.85. The number of azide groups is 1. The van der Waals surface area contributed by atoms with Crippen molar-refractivity contribution in [2.24, 2.45) is 5.11 Å². The van der Waals surface area contributed by atoms with Crippen molar-refractivity contribution in [1.82, 2.24) is 4.90 Å². The third kappa shape index (κ3) is 3.79. The lowest BCUT2D eigenvalue weighted by Gasteiger charge is -2.31. The predicted molar refractivity (Wildman–Crippen MR) is 98.9 cm³/mol. The van der Waals surface area contributed by atoms with Crippen LogP contribution in [-0.2, 0) is 4.79 Å². The Labute approximate surface area is 159 Å².